The van der Waals surface area contributed by atoms with Gasteiger partial charge in [0.15, 0.2) is 5.82 Å². The van der Waals surface area contributed by atoms with E-state index in [0.29, 0.717) is 44.4 Å². The maximum absolute atomic E-state index is 13.0. The monoisotopic (exact) mass is 494 g/mol. The highest BCUT2D eigenvalue weighted by Gasteiger charge is 2.36. The summed E-state index contributed by atoms with van der Waals surface area (Å²) >= 11 is 0. The molecule has 9 nitrogen and oxygen atoms in total. The summed E-state index contributed by atoms with van der Waals surface area (Å²) in [6.07, 6.45) is 6.20. The number of anilines is 1. The predicted octanol–water partition coefficient (Wildman–Crippen LogP) is 1.97. The lowest BCUT2D eigenvalue weighted by molar-refractivity contribution is -0.0980. The van der Waals surface area contributed by atoms with Crippen molar-refractivity contribution >= 4 is 22.8 Å². The van der Waals surface area contributed by atoms with Crippen molar-refractivity contribution in [3.63, 3.8) is 0 Å². The largest absolute Gasteiger partial charge is 0.493 e. The SMILES string of the molecule is C=O.CS(=O)(=O)N1CCC(O)(c2ccc(OCC3CCN(c4ncc(F)cn4)CC3)cc2)CC1. The van der Waals surface area contributed by atoms with Crippen LogP contribution < -0.4 is 9.64 Å². The Morgan fingerprint density at radius 1 is 1.09 bits per heavy atom. The molecule has 0 spiro atoms. The molecule has 2 fully saturated rings. The average Bonchev–Trinajstić information content (AvgIpc) is 2.85. The molecule has 0 saturated carbocycles. The topological polar surface area (TPSA) is 113 Å². The Bertz CT molecular complexity index is 1020. The molecule has 1 aromatic heterocycles. The quantitative estimate of drug-likeness (QED) is 0.649. The summed E-state index contributed by atoms with van der Waals surface area (Å²) in [5.41, 5.74) is -0.236. The molecule has 1 aromatic carbocycles. The van der Waals surface area contributed by atoms with Gasteiger partial charge in [-0.2, -0.15) is 0 Å². The number of carbonyl (C=O) groups is 1. The molecule has 1 N–H and O–H groups in total. The standard InChI is InChI=1S/C22H29FN4O4S.CH2O/c1-32(29,30)27-12-8-22(28,9-13-27)18-2-4-20(5-3-18)31-16-17-6-10-26(11-7-17)21-24-14-19(23)15-25-21;1-2/h2-5,14-15,17,28H,6-13,16H2,1H3;1H2. The van der Waals surface area contributed by atoms with Crippen molar-refractivity contribution in [3.05, 3.63) is 48.0 Å². The fourth-order valence-corrected chi connectivity index (χ4v) is 5.17. The van der Waals surface area contributed by atoms with Crippen LogP contribution in [0.25, 0.3) is 0 Å². The van der Waals surface area contributed by atoms with E-state index in [0.717, 1.165) is 37.2 Å². The van der Waals surface area contributed by atoms with Gasteiger partial charge in [-0.1, -0.05) is 12.1 Å². The number of aliphatic hydroxyl groups is 1. The van der Waals surface area contributed by atoms with Crippen molar-refractivity contribution in [1.82, 2.24) is 14.3 Å². The van der Waals surface area contributed by atoms with Gasteiger partial charge in [0.05, 0.1) is 30.9 Å². The highest BCUT2D eigenvalue weighted by atomic mass is 32.2. The molecule has 34 heavy (non-hydrogen) atoms. The predicted molar refractivity (Wildman–Crippen MR) is 126 cm³/mol. The van der Waals surface area contributed by atoms with E-state index in [4.69, 9.17) is 9.53 Å². The Morgan fingerprint density at radius 3 is 2.18 bits per heavy atom. The van der Waals surface area contributed by atoms with E-state index in [1.807, 2.05) is 31.1 Å². The molecule has 3 heterocycles. The molecule has 0 atom stereocenters. The molecule has 0 bridgehead atoms. The number of aromatic nitrogens is 2. The summed E-state index contributed by atoms with van der Waals surface area (Å²) in [4.78, 5) is 18.1. The Kier molecular flexibility index (Phi) is 8.56. The third-order valence-corrected chi connectivity index (χ3v) is 7.70. The maximum atomic E-state index is 13.0. The molecule has 2 saturated heterocycles. The number of ether oxygens (including phenoxy) is 1. The van der Waals surface area contributed by atoms with E-state index >= 15 is 0 Å². The lowest BCUT2D eigenvalue weighted by atomic mass is 9.85. The van der Waals surface area contributed by atoms with Crippen LogP contribution in [0.2, 0.25) is 0 Å². The van der Waals surface area contributed by atoms with Crippen LogP contribution in [0.4, 0.5) is 10.3 Å². The molecule has 2 aromatic rings. The maximum Gasteiger partial charge on any atom is 0.225 e. The van der Waals surface area contributed by atoms with Crippen molar-refractivity contribution in [1.29, 1.82) is 0 Å². The van der Waals surface area contributed by atoms with Crippen molar-refractivity contribution in [3.8, 4) is 5.75 Å². The van der Waals surface area contributed by atoms with Crippen molar-refractivity contribution in [2.45, 2.75) is 31.3 Å². The zero-order valence-electron chi connectivity index (χ0n) is 19.3. The summed E-state index contributed by atoms with van der Waals surface area (Å²) in [6, 6.07) is 7.44. The smallest absolute Gasteiger partial charge is 0.225 e. The average molecular weight is 495 g/mol. The number of piperidine rings is 2. The minimum atomic E-state index is -3.23. The van der Waals surface area contributed by atoms with Crippen LogP contribution in [-0.2, 0) is 20.4 Å². The van der Waals surface area contributed by atoms with Gasteiger partial charge in [-0.15, -0.1) is 0 Å². The molecular weight excluding hydrogens is 463 g/mol. The van der Waals surface area contributed by atoms with Crippen LogP contribution >= 0.6 is 0 Å². The fourth-order valence-electron chi connectivity index (χ4n) is 4.32. The number of sulfonamides is 1. The first-order chi connectivity index (χ1) is 16.2. The van der Waals surface area contributed by atoms with Gasteiger partial charge in [0, 0.05) is 26.2 Å². The van der Waals surface area contributed by atoms with Gasteiger partial charge in [-0.05, 0) is 49.3 Å². The van der Waals surface area contributed by atoms with Crippen LogP contribution in [-0.4, -0.2) is 73.6 Å². The molecule has 2 aliphatic rings. The van der Waals surface area contributed by atoms with Crippen LogP contribution in [0.15, 0.2) is 36.7 Å². The van der Waals surface area contributed by atoms with E-state index < -0.39 is 21.4 Å². The molecule has 0 amide bonds. The Labute approximate surface area is 199 Å². The van der Waals surface area contributed by atoms with Crippen LogP contribution in [0.5, 0.6) is 5.75 Å². The van der Waals surface area contributed by atoms with E-state index in [2.05, 4.69) is 14.9 Å². The van der Waals surface area contributed by atoms with Crippen LogP contribution in [0.3, 0.4) is 0 Å². The second kappa shape index (κ2) is 11.2. The number of nitrogens with zero attached hydrogens (tertiary/aromatic N) is 4. The summed E-state index contributed by atoms with van der Waals surface area (Å²) in [6.45, 7) is 4.84. The van der Waals surface area contributed by atoms with E-state index in [9.17, 15) is 17.9 Å². The molecule has 0 radical (unpaired) electrons. The molecule has 186 valence electrons. The minimum absolute atomic E-state index is 0.315. The van der Waals surface area contributed by atoms with E-state index in [1.54, 1.807) is 0 Å². The first kappa shape index (κ1) is 26.0. The van der Waals surface area contributed by atoms with Gasteiger partial charge < -0.3 is 19.5 Å². The van der Waals surface area contributed by atoms with Crippen LogP contribution in [0, 0.1) is 11.7 Å². The number of carbonyl (C=O) groups excluding carboxylic acids is 1. The molecule has 11 heteroatoms. The van der Waals surface area contributed by atoms with Crippen LogP contribution in [0.1, 0.15) is 31.2 Å². The third kappa shape index (κ3) is 6.49. The summed E-state index contributed by atoms with van der Waals surface area (Å²) in [7, 11) is -3.23. The summed E-state index contributed by atoms with van der Waals surface area (Å²) < 4.78 is 43.7. The minimum Gasteiger partial charge on any atom is -0.493 e. The number of halogens is 1. The Hall–Kier alpha value is -2.63. The third-order valence-electron chi connectivity index (χ3n) is 6.40. The second-order valence-corrected chi connectivity index (χ2v) is 10.6. The lowest BCUT2D eigenvalue weighted by Crippen LogP contribution is -2.44. The van der Waals surface area contributed by atoms with Crippen molar-refractivity contribution in [2.75, 3.05) is 43.9 Å². The van der Waals surface area contributed by atoms with Crippen molar-refractivity contribution < 1.29 is 27.4 Å². The molecule has 4 rings (SSSR count). The first-order valence-corrected chi connectivity index (χ1v) is 13.0. The van der Waals surface area contributed by atoms with E-state index in [1.165, 1.54) is 23.0 Å². The number of rotatable bonds is 6. The molecular formula is C23H31FN4O5S. The van der Waals surface area contributed by atoms with Gasteiger partial charge in [-0.3, -0.25) is 0 Å². The Morgan fingerprint density at radius 2 is 1.65 bits per heavy atom. The number of hydrogen-bond acceptors (Lipinski definition) is 8. The van der Waals surface area contributed by atoms with Gasteiger partial charge in [0.2, 0.25) is 16.0 Å². The molecule has 0 unspecified atom stereocenters. The zero-order valence-corrected chi connectivity index (χ0v) is 20.1. The number of benzene rings is 1. The van der Waals surface area contributed by atoms with Gasteiger partial charge in [0.25, 0.3) is 0 Å². The molecule has 2 aliphatic heterocycles. The van der Waals surface area contributed by atoms with Gasteiger partial charge >= 0.3 is 0 Å². The van der Waals surface area contributed by atoms with Gasteiger partial charge in [0.1, 0.15) is 12.5 Å². The first-order valence-electron chi connectivity index (χ1n) is 11.2. The normalized spacial score (nSPS) is 19.2. The van der Waals surface area contributed by atoms with Crippen molar-refractivity contribution in [2.24, 2.45) is 5.92 Å². The summed E-state index contributed by atoms with van der Waals surface area (Å²) in [5, 5.41) is 11.0. The zero-order chi connectivity index (χ0) is 24.8. The highest BCUT2D eigenvalue weighted by Crippen LogP contribution is 2.34. The Balaban J connectivity index is 0.00000158. The lowest BCUT2D eigenvalue weighted by Gasteiger charge is -2.37. The van der Waals surface area contributed by atoms with E-state index in [-0.39, 0.29) is 0 Å². The summed E-state index contributed by atoms with van der Waals surface area (Å²) in [5.74, 6) is 1.28. The highest BCUT2D eigenvalue weighted by molar-refractivity contribution is 7.88. The molecule has 0 aliphatic carbocycles. The number of hydrogen-bond donors (Lipinski definition) is 1. The fraction of sp³-hybridized carbons (Fsp3) is 0.522. The second-order valence-electron chi connectivity index (χ2n) is 8.66. The van der Waals surface area contributed by atoms with Gasteiger partial charge in [-0.25, -0.2) is 27.1 Å².